The number of allylic oxidation sites excluding steroid dienone is 1. The van der Waals surface area contributed by atoms with Gasteiger partial charge in [0.25, 0.3) is 0 Å². The molecule has 0 amide bonds. The number of halogens is 7. The quantitative estimate of drug-likeness (QED) is 0.449. The predicted octanol–water partition coefficient (Wildman–Crippen LogP) is 3.33. The SMILES string of the molecule is CC=C(C(=O)OCC)C(F)(F)C(F)(F)C(F)(F)F. The van der Waals surface area contributed by atoms with Crippen molar-refractivity contribution in [3.05, 3.63) is 11.6 Å². The van der Waals surface area contributed by atoms with Gasteiger partial charge in [-0.15, -0.1) is 0 Å². The van der Waals surface area contributed by atoms with Crippen LogP contribution in [-0.4, -0.2) is 30.6 Å². The highest BCUT2D eigenvalue weighted by molar-refractivity contribution is 5.90. The van der Waals surface area contributed by atoms with Gasteiger partial charge in [0.05, 0.1) is 6.61 Å². The minimum absolute atomic E-state index is 0.164. The van der Waals surface area contributed by atoms with Crippen LogP contribution in [0.25, 0.3) is 0 Å². The summed E-state index contributed by atoms with van der Waals surface area (Å²) in [5, 5.41) is 0. The number of carbonyl (C=O) groups excluding carboxylic acids is 1. The smallest absolute Gasteiger partial charge is 0.460 e. The molecule has 0 aromatic carbocycles. The third-order valence-electron chi connectivity index (χ3n) is 1.87. The largest absolute Gasteiger partial charge is 0.462 e. The molecule has 0 fully saturated rings. The molecule has 0 unspecified atom stereocenters. The standard InChI is InChI=1S/C9H9F7O2/c1-3-5(6(17)18-4-2)7(10,11)8(12,13)9(14,15)16/h3H,4H2,1-2H3. The Hall–Kier alpha value is -1.28. The summed E-state index contributed by atoms with van der Waals surface area (Å²) >= 11 is 0. The number of alkyl halides is 7. The van der Waals surface area contributed by atoms with E-state index in [1.807, 2.05) is 0 Å². The Morgan fingerprint density at radius 2 is 1.56 bits per heavy atom. The van der Waals surface area contributed by atoms with E-state index in [1.165, 1.54) is 6.92 Å². The van der Waals surface area contributed by atoms with E-state index < -0.39 is 36.2 Å². The van der Waals surface area contributed by atoms with Crippen LogP contribution in [0.4, 0.5) is 30.7 Å². The van der Waals surface area contributed by atoms with E-state index in [0.29, 0.717) is 0 Å². The minimum Gasteiger partial charge on any atom is -0.462 e. The molecule has 9 heteroatoms. The van der Waals surface area contributed by atoms with Gasteiger partial charge in [-0.1, -0.05) is 6.08 Å². The lowest BCUT2D eigenvalue weighted by Crippen LogP contribution is -2.54. The molecule has 0 aliphatic carbocycles. The summed E-state index contributed by atoms with van der Waals surface area (Å²) < 4.78 is 91.0. The van der Waals surface area contributed by atoms with E-state index in [4.69, 9.17) is 0 Å². The minimum atomic E-state index is -6.49. The Labute approximate surface area is 97.4 Å². The van der Waals surface area contributed by atoms with Crippen molar-refractivity contribution in [1.82, 2.24) is 0 Å². The van der Waals surface area contributed by atoms with Crippen LogP contribution >= 0.6 is 0 Å². The van der Waals surface area contributed by atoms with Crippen LogP contribution in [-0.2, 0) is 9.53 Å². The third kappa shape index (κ3) is 2.75. The number of hydrogen-bond donors (Lipinski definition) is 0. The Balaban J connectivity index is 5.55. The van der Waals surface area contributed by atoms with Crippen LogP contribution in [0.1, 0.15) is 13.8 Å². The van der Waals surface area contributed by atoms with Crippen molar-refractivity contribution in [3.63, 3.8) is 0 Å². The van der Waals surface area contributed by atoms with Crippen LogP contribution in [0.3, 0.4) is 0 Å². The van der Waals surface area contributed by atoms with Gasteiger partial charge in [-0.05, 0) is 13.8 Å². The maximum Gasteiger partial charge on any atom is 0.460 e. The molecular formula is C9H9F7O2. The maximum atomic E-state index is 13.1. The molecule has 0 saturated heterocycles. The molecule has 0 aromatic rings. The fourth-order valence-electron chi connectivity index (χ4n) is 0.983. The van der Waals surface area contributed by atoms with E-state index in [-0.39, 0.29) is 6.08 Å². The monoisotopic (exact) mass is 282 g/mol. The van der Waals surface area contributed by atoms with Crippen molar-refractivity contribution in [2.75, 3.05) is 6.61 Å². The van der Waals surface area contributed by atoms with E-state index in [9.17, 15) is 35.5 Å². The van der Waals surface area contributed by atoms with Gasteiger partial charge in [-0.3, -0.25) is 0 Å². The highest BCUT2D eigenvalue weighted by Gasteiger charge is 2.75. The molecule has 2 nitrogen and oxygen atoms in total. The lowest BCUT2D eigenvalue weighted by atomic mass is 10.0. The van der Waals surface area contributed by atoms with Crippen molar-refractivity contribution in [3.8, 4) is 0 Å². The fourth-order valence-corrected chi connectivity index (χ4v) is 0.983. The first kappa shape index (κ1) is 16.7. The second-order valence-corrected chi connectivity index (χ2v) is 3.07. The molecule has 18 heavy (non-hydrogen) atoms. The van der Waals surface area contributed by atoms with E-state index in [2.05, 4.69) is 4.74 Å². The molecule has 0 rings (SSSR count). The lowest BCUT2D eigenvalue weighted by molar-refractivity contribution is -0.344. The second-order valence-electron chi connectivity index (χ2n) is 3.07. The second kappa shape index (κ2) is 5.15. The number of esters is 1. The number of rotatable bonds is 4. The molecule has 0 heterocycles. The number of hydrogen-bond acceptors (Lipinski definition) is 2. The van der Waals surface area contributed by atoms with E-state index in [0.717, 1.165) is 6.92 Å². The van der Waals surface area contributed by atoms with Gasteiger partial charge in [0, 0.05) is 0 Å². The summed E-state index contributed by atoms with van der Waals surface area (Å²) in [6, 6.07) is 0. The zero-order valence-electron chi connectivity index (χ0n) is 9.25. The van der Waals surface area contributed by atoms with Crippen LogP contribution < -0.4 is 0 Å². The average molecular weight is 282 g/mol. The maximum absolute atomic E-state index is 13.1. The van der Waals surface area contributed by atoms with Crippen molar-refractivity contribution in [2.45, 2.75) is 31.9 Å². The van der Waals surface area contributed by atoms with Gasteiger partial charge in [0.15, 0.2) is 0 Å². The van der Waals surface area contributed by atoms with Crippen LogP contribution in [0.5, 0.6) is 0 Å². The molecule has 106 valence electrons. The van der Waals surface area contributed by atoms with Crippen molar-refractivity contribution >= 4 is 5.97 Å². The highest BCUT2D eigenvalue weighted by atomic mass is 19.4. The van der Waals surface area contributed by atoms with Gasteiger partial charge < -0.3 is 4.74 Å². The zero-order chi connectivity index (χ0) is 14.8. The van der Waals surface area contributed by atoms with Gasteiger partial charge in [0.2, 0.25) is 0 Å². The van der Waals surface area contributed by atoms with Crippen molar-refractivity contribution in [2.24, 2.45) is 0 Å². The Morgan fingerprint density at radius 3 is 1.83 bits per heavy atom. The molecule has 0 spiro atoms. The first-order chi connectivity index (χ1) is 7.93. The molecule has 0 saturated carbocycles. The molecule has 0 aliphatic heterocycles. The molecule has 0 N–H and O–H groups in total. The molecule has 0 atom stereocenters. The number of ether oxygens (including phenoxy) is 1. The van der Waals surface area contributed by atoms with E-state index in [1.54, 1.807) is 0 Å². The van der Waals surface area contributed by atoms with Gasteiger partial charge in [0.1, 0.15) is 5.57 Å². The molecule has 0 aromatic heterocycles. The summed E-state index contributed by atoms with van der Waals surface area (Å²) in [5.41, 5.74) is -2.04. The summed E-state index contributed by atoms with van der Waals surface area (Å²) in [5.74, 6) is -14.0. The molecular weight excluding hydrogens is 273 g/mol. The summed E-state index contributed by atoms with van der Waals surface area (Å²) in [4.78, 5) is 10.9. The fraction of sp³-hybridized carbons (Fsp3) is 0.667. The molecule has 0 bridgehead atoms. The predicted molar refractivity (Wildman–Crippen MR) is 46.3 cm³/mol. The average Bonchev–Trinajstić information content (AvgIpc) is 2.16. The van der Waals surface area contributed by atoms with Crippen LogP contribution in [0.15, 0.2) is 11.6 Å². The highest BCUT2D eigenvalue weighted by Crippen LogP contribution is 2.49. The lowest BCUT2D eigenvalue weighted by Gasteiger charge is -2.28. The third-order valence-corrected chi connectivity index (χ3v) is 1.87. The molecule has 0 radical (unpaired) electrons. The Kier molecular flexibility index (Phi) is 4.78. The molecule has 0 aliphatic rings. The van der Waals surface area contributed by atoms with Crippen LogP contribution in [0, 0.1) is 0 Å². The van der Waals surface area contributed by atoms with Gasteiger partial charge in [-0.2, -0.15) is 30.7 Å². The first-order valence-electron chi connectivity index (χ1n) is 4.59. The zero-order valence-corrected chi connectivity index (χ0v) is 9.25. The summed E-state index contributed by atoms with van der Waals surface area (Å²) in [6.45, 7) is 1.47. The summed E-state index contributed by atoms with van der Waals surface area (Å²) in [7, 11) is 0. The van der Waals surface area contributed by atoms with Crippen LogP contribution in [0.2, 0.25) is 0 Å². The normalized spacial score (nSPS) is 14.6. The van der Waals surface area contributed by atoms with Crippen molar-refractivity contribution < 1.29 is 40.3 Å². The van der Waals surface area contributed by atoms with Crippen molar-refractivity contribution in [1.29, 1.82) is 0 Å². The summed E-state index contributed by atoms with van der Waals surface area (Å²) in [6.07, 6.45) is -6.32. The van der Waals surface area contributed by atoms with E-state index >= 15 is 0 Å². The number of carbonyl (C=O) groups is 1. The Bertz CT molecular complexity index is 343. The van der Waals surface area contributed by atoms with Gasteiger partial charge >= 0.3 is 24.0 Å². The van der Waals surface area contributed by atoms with Gasteiger partial charge in [-0.25, -0.2) is 4.79 Å². The Morgan fingerprint density at radius 1 is 1.11 bits per heavy atom. The topological polar surface area (TPSA) is 26.3 Å². The first-order valence-corrected chi connectivity index (χ1v) is 4.59.